The van der Waals surface area contributed by atoms with Crippen LogP contribution in [0.5, 0.6) is 0 Å². The fraction of sp³-hybridized carbons (Fsp3) is 0.235. The molecule has 0 radical (unpaired) electrons. The van der Waals surface area contributed by atoms with Gasteiger partial charge in [0.05, 0.1) is 5.41 Å². The molecule has 0 aromatic heterocycles. The molecule has 0 aliphatic rings. The molecule has 1 nitrogen and oxygen atoms in total. The second-order valence-corrected chi connectivity index (χ2v) is 5.12. The standard InChI is InChI=1S/C17H17FO/c1-13-7-3-5-9-15(13)17(2,12-19)11-14-8-4-6-10-16(14)18/h3-10,12H,11H2,1-2H3. The van der Waals surface area contributed by atoms with Crippen molar-refractivity contribution in [2.45, 2.75) is 25.7 Å². The van der Waals surface area contributed by atoms with Crippen molar-refractivity contribution >= 4 is 6.29 Å². The summed E-state index contributed by atoms with van der Waals surface area (Å²) in [5.74, 6) is -0.260. The summed E-state index contributed by atoms with van der Waals surface area (Å²) in [5, 5.41) is 0. The predicted octanol–water partition coefficient (Wildman–Crippen LogP) is 3.83. The van der Waals surface area contributed by atoms with Gasteiger partial charge in [0, 0.05) is 0 Å². The molecule has 2 aromatic rings. The molecule has 0 spiro atoms. The molecule has 98 valence electrons. The van der Waals surface area contributed by atoms with Gasteiger partial charge in [-0.15, -0.1) is 0 Å². The van der Waals surface area contributed by atoms with Crippen molar-refractivity contribution in [2.75, 3.05) is 0 Å². The normalized spacial score (nSPS) is 13.8. The van der Waals surface area contributed by atoms with Gasteiger partial charge in [-0.05, 0) is 43.0 Å². The van der Waals surface area contributed by atoms with Crippen LogP contribution in [0, 0.1) is 12.7 Å². The molecule has 0 bridgehead atoms. The zero-order valence-corrected chi connectivity index (χ0v) is 11.2. The zero-order valence-electron chi connectivity index (χ0n) is 11.2. The number of carbonyl (C=O) groups excluding carboxylic acids is 1. The molecule has 1 unspecified atom stereocenters. The van der Waals surface area contributed by atoms with Crippen molar-refractivity contribution in [2.24, 2.45) is 0 Å². The summed E-state index contributed by atoms with van der Waals surface area (Å²) in [6, 6.07) is 14.4. The van der Waals surface area contributed by atoms with E-state index in [-0.39, 0.29) is 5.82 Å². The Morgan fingerprint density at radius 3 is 2.37 bits per heavy atom. The number of aryl methyl sites for hydroxylation is 1. The van der Waals surface area contributed by atoms with Gasteiger partial charge in [-0.3, -0.25) is 0 Å². The maximum Gasteiger partial charge on any atom is 0.130 e. The summed E-state index contributed by atoms with van der Waals surface area (Å²) in [7, 11) is 0. The Morgan fingerprint density at radius 2 is 1.74 bits per heavy atom. The van der Waals surface area contributed by atoms with Gasteiger partial charge in [0.2, 0.25) is 0 Å². The monoisotopic (exact) mass is 256 g/mol. The molecule has 0 aliphatic carbocycles. The first-order valence-corrected chi connectivity index (χ1v) is 6.33. The highest BCUT2D eigenvalue weighted by atomic mass is 19.1. The van der Waals surface area contributed by atoms with Crippen LogP contribution in [-0.4, -0.2) is 6.29 Å². The van der Waals surface area contributed by atoms with Crippen LogP contribution in [0.4, 0.5) is 4.39 Å². The number of hydrogen-bond donors (Lipinski definition) is 0. The average Bonchev–Trinajstić information content (AvgIpc) is 2.42. The molecule has 19 heavy (non-hydrogen) atoms. The minimum Gasteiger partial charge on any atom is -0.302 e. The van der Waals surface area contributed by atoms with E-state index in [0.717, 1.165) is 17.4 Å². The van der Waals surface area contributed by atoms with Gasteiger partial charge >= 0.3 is 0 Å². The molecule has 0 N–H and O–H groups in total. The van der Waals surface area contributed by atoms with Crippen molar-refractivity contribution < 1.29 is 9.18 Å². The van der Waals surface area contributed by atoms with E-state index in [0.29, 0.717) is 12.0 Å². The lowest BCUT2D eigenvalue weighted by Gasteiger charge is -2.25. The fourth-order valence-electron chi connectivity index (χ4n) is 2.45. The molecule has 1 atom stereocenters. The van der Waals surface area contributed by atoms with Crippen LogP contribution in [0.2, 0.25) is 0 Å². The Labute approximate surface area is 113 Å². The Balaban J connectivity index is 2.42. The largest absolute Gasteiger partial charge is 0.302 e. The SMILES string of the molecule is Cc1ccccc1C(C)(C=O)Cc1ccccc1F. The Morgan fingerprint density at radius 1 is 1.11 bits per heavy atom. The highest BCUT2D eigenvalue weighted by Gasteiger charge is 2.28. The number of carbonyl (C=O) groups is 1. The van der Waals surface area contributed by atoms with Crippen LogP contribution in [-0.2, 0) is 16.6 Å². The van der Waals surface area contributed by atoms with Crippen molar-refractivity contribution in [3.05, 3.63) is 71.0 Å². The lowest BCUT2D eigenvalue weighted by molar-refractivity contribution is -0.112. The van der Waals surface area contributed by atoms with E-state index in [1.807, 2.05) is 38.1 Å². The highest BCUT2D eigenvalue weighted by molar-refractivity contribution is 5.69. The molecule has 2 aromatic carbocycles. The maximum absolute atomic E-state index is 13.8. The minimum atomic E-state index is -0.701. The summed E-state index contributed by atoms with van der Waals surface area (Å²) < 4.78 is 13.8. The van der Waals surface area contributed by atoms with Gasteiger partial charge in [0.25, 0.3) is 0 Å². The quantitative estimate of drug-likeness (QED) is 0.760. The summed E-state index contributed by atoms with van der Waals surface area (Å²) >= 11 is 0. The first-order valence-electron chi connectivity index (χ1n) is 6.33. The first kappa shape index (κ1) is 13.5. The van der Waals surface area contributed by atoms with E-state index < -0.39 is 5.41 Å². The predicted molar refractivity (Wildman–Crippen MR) is 74.7 cm³/mol. The Bertz CT molecular complexity index is 591. The van der Waals surface area contributed by atoms with E-state index >= 15 is 0 Å². The number of benzene rings is 2. The molecular formula is C17H17FO. The van der Waals surface area contributed by atoms with Gasteiger partial charge < -0.3 is 4.79 Å². The second kappa shape index (κ2) is 5.35. The third kappa shape index (κ3) is 2.73. The average molecular weight is 256 g/mol. The molecule has 2 heteroatoms. The van der Waals surface area contributed by atoms with E-state index in [1.54, 1.807) is 18.2 Å². The van der Waals surface area contributed by atoms with Crippen molar-refractivity contribution in [1.82, 2.24) is 0 Å². The van der Waals surface area contributed by atoms with Crippen LogP contribution >= 0.6 is 0 Å². The second-order valence-electron chi connectivity index (χ2n) is 5.12. The van der Waals surface area contributed by atoms with E-state index in [1.165, 1.54) is 6.07 Å². The summed E-state index contributed by atoms with van der Waals surface area (Å²) in [6.45, 7) is 3.83. The lowest BCUT2D eigenvalue weighted by Crippen LogP contribution is -2.28. The smallest absolute Gasteiger partial charge is 0.130 e. The molecule has 2 rings (SSSR count). The van der Waals surface area contributed by atoms with Gasteiger partial charge in [0.15, 0.2) is 0 Å². The molecule has 0 amide bonds. The summed E-state index contributed by atoms with van der Waals surface area (Å²) in [6.07, 6.45) is 1.29. The van der Waals surface area contributed by atoms with Crippen LogP contribution in [0.25, 0.3) is 0 Å². The molecule has 0 saturated carbocycles. The topological polar surface area (TPSA) is 17.1 Å². The first-order chi connectivity index (χ1) is 9.07. The minimum absolute atomic E-state index is 0.260. The number of halogens is 1. The summed E-state index contributed by atoms with van der Waals surface area (Å²) in [4.78, 5) is 11.6. The van der Waals surface area contributed by atoms with E-state index in [2.05, 4.69) is 0 Å². The van der Waals surface area contributed by atoms with Gasteiger partial charge in [-0.2, -0.15) is 0 Å². The number of rotatable bonds is 4. The maximum atomic E-state index is 13.8. The molecule has 0 heterocycles. The highest BCUT2D eigenvalue weighted by Crippen LogP contribution is 2.29. The van der Waals surface area contributed by atoms with Crippen molar-refractivity contribution in [3.63, 3.8) is 0 Å². The van der Waals surface area contributed by atoms with E-state index in [4.69, 9.17) is 0 Å². The van der Waals surface area contributed by atoms with Crippen molar-refractivity contribution in [1.29, 1.82) is 0 Å². The van der Waals surface area contributed by atoms with Gasteiger partial charge in [-0.1, -0.05) is 42.5 Å². The van der Waals surface area contributed by atoms with Gasteiger partial charge in [-0.25, -0.2) is 4.39 Å². The zero-order chi connectivity index (χ0) is 13.9. The van der Waals surface area contributed by atoms with Crippen LogP contribution in [0.3, 0.4) is 0 Å². The van der Waals surface area contributed by atoms with Crippen LogP contribution in [0.1, 0.15) is 23.6 Å². The van der Waals surface area contributed by atoms with Crippen molar-refractivity contribution in [3.8, 4) is 0 Å². The number of hydrogen-bond acceptors (Lipinski definition) is 1. The third-order valence-corrected chi connectivity index (χ3v) is 3.54. The van der Waals surface area contributed by atoms with E-state index in [9.17, 15) is 9.18 Å². The fourth-order valence-corrected chi connectivity index (χ4v) is 2.45. The molecule has 0 saturated heterocycles. The Hall–Kier alpha value is -1.96. The molecular weight excluding hydrogens is 239 g/mol. The van der Waals surface area contributed by atoms with Gasteiger partial charge in [0.1, 0.15) is 12.1 Å². The van der Waals surface area contributed by atoms with Crippen LogP contribution in [0.15, 0.2) is 48.5 Å². The lowest BCUT2D eigenvalue weighted by atomic mass is 9.77. The van der Waals surface area contributed by atoms with Crippen LogP contribution < -0.4 is 0 Å². The number of aldehydes is 1. The summed E-state index contributed by atoms with van der Waals surface area (Å²) in [5.41, 5.74) is 1.87. The molecule has 0 fully saturated rings. The third-order valence-electron chi connectivity index (χ3n) is 3.54. The Kier molecular flexibility index (Phi) is 3.79. The molecule has 0 aliphatic heterocycles.